The van der Waals surface area contributed by atoms with Gasteiger partial charge in [-0.25, -0.2) is 13.1 Å². The summed E-state index contributed by atoms with van der Waals surface area (Å²) in [5.41, 5.74) is 3.15. The molecule has 0 spiro atoms. The molecule has 0 unspecified atom stereocenters. The topological polar surface area (TPSA) is 86.1 Å². The quantitative estimate of drug-likeness (QED) is 0.420. The van der Waals surface area contributed by atoms with Gasteiger partial charge in [-0.1, -0.05) is 13.3 Å². The number of aromatic nitrogens is 3. The van der Waals surface area contributed by atoms with Crippen LogP contribution in [-0.2, 0) is 16.4 Å². The first-order chi connectivity index (χ1) is 16.7. The first-order valence-corrected chi connectivity index (χ1v) is 13.3. The van der Waals surface area contributed by atoms with Gasteiger partial charge in [0, 0.05) is 11.6 Å². The van der Waals surface area contributed by atoms with Crippen LogP contribution in [0.15, 0.2) is 63.7 Å². The van der Waals surface area contributed by atoms with Crippen molar-refractivity contribution in [3.05, 3.63) is 69.4 Å². The minimum absolute atomic E-state index is 0.0330. The van der Waals surface area contributed by atoms with Gasteiger partial charge in [-0.15, -0.1) is 39.5 Å². The minimum Gasteiger partial charge on any atom is -0.497 e. The Morgan fingerprint density at radius 2 is 1.51 bits per heavy atom. The number of hydrogen-bond acceptors (Lipinski definition) is 5. The molecule has 198 valence electrons. The molecule has 1 fully saturated rings. The van der Waals surface area contributed by atoms with E-state index in [1.54, 1.807) is 11.9 Å². The predicted molar refractivity (Wildman–Crippen MR) is 150 cm³/mol. The van der Waals surface area contributed by atoms with Gasteiger partial charge in [0.05, 0.1) is 24.1 Å². The molecule has 1 aliphatic rings. The second kappa shape index (κ2) is 18.6. The molecule has 35 heavy (non-hydrogen) atoms. The first kappa shape index (κ1) is 34.5. The Bertz CT molecular complexity index is 914. The number of nitrogens with zero attached hydrogens (tertiary/aromatic N) is 3. The van der Waals surface area contributed by atoms with E-state index in [-0.39, 0.29) is 17.3 Å². The van der Waals surface area contributed by atoms with Crippen LogP contribution in [0.3, 0.4) is 0 Å². The minimum atomic E-state index is -2.94. The third-order valence-electron chi connectivity index (χ3n) is 4.37. The van der Waals surface area contributed by atoms with Crippen LogP contribution >= 0.6 is 0 Å². The van der Waals surface area contributed by atoms with Crippen LogP contribution < -0.4 is 9.46 Å². The van der Waals surface area contributed by atoms with Crippen molar-refractivity contribution < 1.29 is 13.2 Å². The van der Waals surface area contributed by atoms with Crippen LogP contribution in [0.4, 0.5) is 0 Å². The van der Waals surface area contributed by atoms with E-state index >= 15 is 0 Å². The van der Waals surface area contributed by atoms with Crippen molar-refractivity contribution in [2.45, 2.75) is 77.6 Å². The highest BCUT2D eigenvalue weighted by molar-refractivity contribution is 7.90. The van der Waals surface area contributed by atoms with Gasteiger partial charge in [0.1, 0.15) is 11.4 Å². The summed E-state index contributed by atoms with van der Waals surface area (Å²) in [7, 11) is -1.26. The lowest BCUT2D eigenvalue weighted by Gasteiger charge is -2.07. The van der Waals surface area contributed by atoms with Gasteiger partial charge >= 0.3 is 0 Å². The average Bonchev–Trinajstić information content (AvgIpc) is 3.64. The van der Waals surface area contributed by atoms with Crippen molar-refractivity contribution in [2.24, 2.45) is 0 Å². The number of benzene rings is 1. The Morgan fingerprint density at radius 1 is 1.00 bits per heavy atom. The lowest BCUT2D eigenvalue weighted by molar-refractivity contribution is 0.415. The fourth-order valence-corrected chi connectivity index (χ4v) is 4.37. The van der Waals surface area contributed by atoms with Crippen molar-refractivity contribution in [2.75, 3.05) is 7.11 Å². The van der Waals surface area contributed by atoms with Crippen LogP contribution in [0.5, 0.6) is 5.75 Å². The molecule has 8 heteroatoms. The predicted octanol–water partition coefficient (Wildman–Crippen LogP) is 6.37. The summed E-state index contributed by atoms with van der Waals surface area (Å²) >= 11 is 0. The summed E-state index contributed by atoms with van der Waals surface area (Å²) in [5, 5.41) is 9.12. The maximum absolute atomic E-state index is 11.1. The van der Waals surface area contributed by atoms with Crippen LogP contribution in [0.25, 0.3) is 11.3 Å². The number of aryl methyl sites for hydroxylation is 1. The van der Waals surface area contributed by atoms with E-state index in [1.807, 2.05) is 38.1 Å². The van der Waals surface area contributed by atoms with Gasteiger partial charge in [0.2, 0.25) is 10.0 Å². The standard InChI is InChI=1S/C15H21N3O.C6H13NO2S.3C2H4/c1-5-6-14-15(17-18(16-14)11(2)3)12-7-9-13(19-4)10-8-12;1-5(2)7-10(8,9)6-3-4-6;3*1-2/h7-11H,5-6H2,1-4H3;5-7H,3-4H2,1-2H3;3*1-2H2. The summed E-state index contributed by atoms with van der Waals surface area (Å²) in [5.74, 6) is 0.858. The Kier molecular flexibility index (Phi) is 18.3. The van der Waals surface area contributed by atoms with Crippen molar-refractivity contribution >= 4 is 10.0 Å². The molecular formula is C27H46N4O3S. The highest BCUT2D eigenvalue weighted by Crippen LogP contribution is 2.27. The van der Waals surface area contributed by atoms with E-state index in [9.17, 15) is 8.42 Å². The molecule has 2 aromatic rings. The van der Waals surface area contributed by atoms with Crippen molar-refractivity contribution in [3.63, 3.8) is 0 Å². The Balaban J connectivity index is 0. The average molecular weight is 507 g/mol. The largest absolute Gasteiger partial charge is 0.497 e. The number of hydrogen-bond donors (Lipinski definition) is 1. The molecule has 0 amide bonds. The van der Waals surface area contributed by atoms with Crippen molar-refractivity contribution in [3.8, 4) is 17.0 Å². The second-order valence-corrected chi connectivity index (χ2v) is 9.90. The Labute approximate surface area is 214 Å². The molecule has 1 aromatic carbocycles. The molecule has 7 nitrogen and oxygen atoms in total. The molecule has 0 bridgehead atoms. The maximum Gasteiger partial charge on any atom is 0.214 e. The number of sulfonamides is 1. The zero-order valence-corrected chi connectivity index (χ0v) is 23.4. The number of nitrogens with one attached hydrogen (secondary N) is 1. The molecular weight excluding hydrogens is 460 g/mol. The Hall–Kier alpha value is -2.71. The first-order valence-electron chi connectivity index (χ1n) is 11.8. The van der Waals surface area contributed by atoms with E-state index in [0.717, 1.165) is 48.4 Å². The molecule has 1 aliphatic carbocycles. The number of methoxy groups -OCH3 is 1. The third-order valence-corrected chi connectivity index (χ3v) is 6.52. The molecule has 0 saturated heterocycles. The fourth-order valence-electron chi connectivity index (χ4n) is 2.77. The second-order valence-electron chi connectivity index (χ2n) is 7.90. The normalized spacial score (nSPS) is 12.0. The summed E-state index contributed by atoms with van der Waals surface area (Å²) in [6.45, 7) is 28.0. The summed E-state index contributed by atoms with van der Waals surface area (Å²) in [6, 6.07) is 8.30. The smallest absolute Gasteiger partial charge is 0.214 e. The van der Waals surface area contributed by atoms with Gasteiger partial charge in [-0.3, -0.25) is 0 Å². The third kappa shape index (κ3) is 12.5. The van der Waals surface area contributed by atoms with E-state index < -0.39 is 10.0 Å². The van der Waals surface area contributed by atoms with Gasteiger partial charge in [-0.2, -0.15) is 15.0 Å². The van der Waals surface area contributed by atoms with Crippen LogP contribution in [0.2, 0.25) is 0 Å². The van der Waals surface area contributed by atoms with Gasteiger partial charge < -0.3 is 4.74 Å². The highest BCUT2D eigenvalue weighted by atomic mass is 32.2. The number of rotatable bonds is 8. The zero-order chi connectivity index (χ0) is 27.6. The van der Waals surface area contributed by atoms with Crippen LogP contribution in [0.1, 0.15) is 65.6 Å². The van der Waals surface area contributed by atoms with E-state index in [4.69, 9.17) is 4.74 Å². The van der Waals surface area contributed by atoms with Crippen molar-refractivity contribution in [1.29, 1.82) is 0 Å². The van der Waals surface area contributed by atoms with Crippen LogP contribution in [0, 0.1) is 0 Å². The van der Waals surface area contributed by atoms with E-state index in [2.05, 4.69) is 75.2 Å². The van der Waals surface area contributed by atoms with Crippen molar-refractivity contribution in [1.82, 2.24) is 19.7 Å². The summed E-state index contributed by atoms with van der Waals surface area (Å²) in [4.78, 5) is 1.80. The lowest BCUT2D eigenvalue weighted by atomic mass is 10.1. The molecule has 0 atom stereocenters. The number of ether oxygens (including phenoxy) is 1. The monoisotopic (exact) mass is 506 g/mol. The van der Waals surface area contributed by atoms with Gasteiger partial charge in [-0.05, 0) is 71.2 Å². The highest BCUT2D eigenvalue weighted by Gasteiger charge is 2.35. The van der Waals surface area contributed by atoms with E-state index in [0.29, 0.717) is 0 Å². The van der Waals surface area contributed by atoms with Gasteiger partial charge in [0.25, 0.3) is 0 Å². The summed E-state index contributed by atoms with van der Waals surface area (Å²) < 4.78 is 29.9. The van der Waals surface area contributed by atoms with E-state index in [1.165, 1.54) is 0 Å². The molecule has 3 rings (SSSR count). The SMILES string of the molecule is C=C.C=C.C=C.CC(C)NS(=O)(=O)C1CC1.CCCc1nn(C(C)C)nc1-c1ccc(OC)cc1. The van der Waals surface area contributed by atoms with Gasteiger partial charge in [0.15, 0.2) is 0 Å². The summed E-state index contributed by atoms with van der Waals surface area (Å²) in [6.07, 6.45) is 3.69. The molecule has 1 heterocycles. The molecule has 1 N–H and O–H groups in total. The molecule has 1 saturated carbocycles. The zero-order valence-electron chi connectivity index (χ0n) is 22.6. The fraction of sp³-hybridized carbons (Fsp3) is 0.481. The molecule has 1 aromatic heterocycles. The maximum atomic E-state index is 11.1. The molecule has 0 radical (unpaired) electrons. The lowest BCUT2D eigenvalue weighted by Crippen LogP contribution is -2.32. The molecule has 0 aliphatic heterocycles. The Morgan fingerprint density at radius 3 is 1.89 bits per heavy atom. The van der Waals surface area contributed by atoms with Crippen LogP contribution in [-0.4, -0.2) is 41.8 Å².